The van der Waals surface area contributed by atoms with Crippen LogP contribution in [-0.2, 0) is 16.1 Å². The summed E-state index contributed by atoms with van der Waals surface area (Å²) in [5.41, 5.74) is 1.07. The Kier molecular flexibility index (Phi) is 12.6. The van der Waals surface area contributed by atoms with Gasteiger partial charge in [0, 0.05) is 26.3 Å². The first-order valence-electron chi connectivity index (χ1n) is 9.70. The molecule has 1 fully saturated rings. The predicted octanol–water partition coefficient (Wildman–Crippen LogP) is 2.30. The Morgan fingerprint density at radius 1 is 1.18 bits per heavy atom. The highest BCUT2D eigenvalue weighted by atomic mass is 127. The van der Waals surface area contributed by atoms with E-state index in [1.165, 1.54) is 12.8 Å². The van der Waals surface area contributed by atoms with E-state index in [1.807, 2.05) is 31.2 Å². The number of hydrogen-bond donors (Lipinski definition) is 3. The molecule has 0 aromatic heterocycles. The van der Waals surface area contributed by atoms with Gasteiger partial charge in [-0.05, 0) is 49.8 Å². The number of guanidine groups is 1. The average Bonchev–Trinajstić information content (AvgIpc) is 3.52. The fourth-order valence-corrected chi connectivity index (χ4v) is 2.41. The molecule has 1 amide bonds. The second kappa shape index (κ2) is 14.4. The van der Waals surface area contributed by atoms with Crippen LogP contribution in [0.25, 0.3) is 0 Å². The smallest absolute Gasteiger partial charge is 0.239 e. The second-order valence-corrected chi connectivity index (χ2v) is 6.59. The van der Waals surface area contributed by atoms with Crippen LogP contribution in [0.3, 0.4) is 0 Å². The monoisotopic (exact) mass is 504 g/mol. The van der Waals surface area contributed by atoms with E-state index >= 15 is 0 Å². The molecule has 0 radical (unpaired) electrons. The van der Waals surface area contributed by atoms with Gasteiger partial charge in [-0.2, -0.15) is 0 Å². The van der Waals surface area contributed by atoms with Gasteiger partial charge in [0.2, 0.25) is 5.91 Å². The van der Waals surface area contributed by atoms with E-state index in [9.17, 15) is 4.79 Å². The Labute approximate surface area is 185 Å². The highest BCUT2D eigenvalue weighted by Gasteiger charge is 2.21. The SMILES string of the molecule is CCOCCCNC(=NCc1ccc(OC)cc1)NCC(=O)NCC1CC1.I. The summed E-state index contributed by atoms with van der Waals surface area (Å²) in [6.07, 6.45) is 3.33. The van der Waals surface area contributed by atoms with Gasteiger partial charge in [-0.1, -0.05) is 12.1 Å². The third-order valence-electron chi connectivity index (χ3n) is 4.24. The molecule has 8 heteroatoms. The number of nitrogens with one attached hydrogen (secondary N) is 3. The van der Waals surface area contributed by atoms with E-state index in [4.69, 9.17) is 9.47 Å². The highest BCUT2D eigenvalue weighted by Crippen LogP contribution is 2.27. The van der Waals surface area contributed by atoms with E-state index in [0.717, 1.165) is 37.4 Å². The standard InChI is InChI=1S/C20H32N4O3.HI/c1-3-27-12-4-11-21-20(24-15-19(25)22-13-16-5-6-16)23-14-17-7-9-18(26-2)10-8-17;/h7-10,16H,3-6,11-15H2,1-2H3,(H,22,25)(H2,21,23,24);1H. The van der Waals surface area contributed by atoms with Crippen molar-refractivity contribution >= 4 is 35.8 Å². The maximum absolute atomic E-state index is 11.9. The summed E-state index contributed by atoms with van der Waals surface area (Å²) in [6.45, 7) is 5.66. The number of carbonyl (C=O) groups excluding carboxylic acids is 1. The van der Waals surface area contributed by atoms with Gasteiger partial charge in [0.25, 0.3) is 0 Å². The van der Waals surface area contributed by atoms with Crippen molar-refractivity contribution in [2.45, 2.75) is 32.7 Å². The number of benzene rings is 1. The first-order valence-corrected chi connectivity index (χ1v) is 9.70. The second-order valence-electron chi connectivity index (χ2n) is 6.59. The minimum absolute atomic E-state index is 0. The molecule has 1 aromatic carbocycles. The molecule has 3 N–H and O–H groups in total. The predicted molar refractivity (Wildman–Crippen MR) is 122 cm³/mol. The van der Waals surface area contributed by atoms with Gasteiger partial charge in [-0.3, -0.25) is 4.79 Å². The Balaban J connectivity index is 0.00000392. The van der Waals surface area contributed by atoms with E-state index in [0.29, 0.717) is 25.0 Å². The molecule has 0 aliphatic heterocycles. The van der Waals surface area contributed by atoms with Crippen molar-refractivity contribution in [3.05, 3.63) is 29.8 Å². The van der Waals surface area contributed by atoms with E-state index < -0.39 is 0 Å². The van der Waals surface area contributed by atoms with Gasteiger partial charge in [0.05, 0.1) is 20.2 Å². The summed E-state index contributed by atoms with van der Waals surface area (Å²) in [5.74, 6) is 2.12. The zero-order valence-corrected chi connectivity index (χ0v) is 19.2. The Morgan fingerprint density at radius 3 is 2.57 bits per heavy atom. The van der Waals surface area contributed by atoms with Gasteiger partial charge < -0.3 is 25.4 Å². The molecule has 1 aliphatic rings. The average molecular weight is 504 g/mol. The summed E-state index contributed by atoms with van der Waals surface area (Å²) in [5, 5.41) is 9.32. The minimum atomic E-state index is -0.00448. The normalized spacial score (nSPS) is 13.4. The Hall–Kier alpha value is -1.55. The third-order valence-corrected chi connectivity index (χ3v) is 4.24. The van der Waals surface area contributed by atoms with Gasteiger partial charge in [-0.25, -0.2) is 4.99 Å². The lowest BCUT2D eigenvalue weighted by Crippen LogP contribution is -2.44. The Bertz CT molecular complexity index is 592. The topological polar surface area (TPSA) is 84.0 Å². The number of carbonyl (C=O) groups is 1. The molecule has 0 bridgehead atoms. The first kappa shape index (κ1) is 24.5. The fraction of sp³-hybridized carbons (Fsp3) is 0.600. The zero-order chi connectivity index (χ0) is 19.3. The van der Waals surface area contributed by atoms with Crippen LogP contribution in [-0.4, -0.2) is 51.8 Å². The van der Waals surface area contributed by atoms with Crippen LogP contribution >= 0.6 is 24.0 Å². The molecule has 1 aliphatic carbocycles. The molecule has 0 atom stereocenters. The Morgan fingerprint density at radius 2 is 1.93 bits per heavy atom. The fourth-order valence-electron chi connectivity index (χ4n) is 2.41. The maximum Gasteiger partial charge on any atom is 0.239 e. The molecule has 7 nitrogen and oxygen atoms in total. The number of halogens is 1. The number of methoxy groups -OCH3 is 1. The van der Waals surface area contributed by atoms with Gasteiger partial charge >= 0.3 is 0 Å². The first-order chi connectivity index (χ1) is 13.2. The van der Waals surface area contributed by atoms with Crippen molar-refractivity contribution in [3.63, 3.8) is 0 Å². The zero-order valence-electron chi connectivity index (χ0n) is 16.8. The van der Waals surface area contributed by atoms with Crippen molar-refractivity contribution in [3.8, 4) is 5.75 Å². The number of amides is 1. The largest absolute Gasteiger partial charge is 0.497 e. The van der Waals surface area contributed by atoms with Gasteiger partial charge in [0.15, 0.2) is 5.96 Å². The van der Waals surface area contributed by atoms with Crippen molar-refractivity contribution in [1.82, 2.24) is 16.0 Å². The number of ether oxygens (including phenoxy) is 2. The van der Waals surface area contributed by atoms with Gasteiger partial charge in [0.1, 0.15) is 5.75 Å². The third kappa shape index (κ3) is 10.7. The summed E-state index contributed by atoms with van der Waals surface area (Å²) < 4.78 is 10.5. The molecule has 2 rings (SSSR count). The molecule has 0 saturated heterocycles. The minimum Gasteiger partial charge on any atom is -0.497 e. The van der Waals surface area contributed by atoms with Crippen LogP contribution in [0.4, 0.5) is 0 Å². The van der Waals surface area contributed by atoms with Crippen molar-refractivity contribution < 1.29 is 14.3 Å². The van der Waals surface area contributed by atoms with Gasteiger partial charge in [-0.15, -0.1) is 24.0 Å². The van der Waals surface area contributed by atoms with E-state index in [-0.39, 0.29) is 36.4 Å². The van der Waals surface area contributed by atoms with Crippen LogP contribution < -0.4 is 20.7 Å². The molecule has 0 unspecified atom stereocenters. The number of rotatable bonds is 12. The molecule has 1 aromatic rings. The number of hydrogen-bond acceptors (Lipinski definition) is 4. The number of aliphatic imine (C=N–C) groups is 1. The summed E-state index contributed by atoms with van der Waals surface area (Å²) >= 11 is 0. The van der Waals surface area contributed by atoms with Crippen LogP contribution in [0.2, 0.25) is 0 Å². The quantitative estimate of drug-likeness (QED) is 0.176. The summed E-state index contributed by atoms with van der Waals surface area (Å²) in [4.78, 5) is 16.5. The van der Waals surface area contributed by atoms with E-state index in [1.54, 1.807) is 7.11 Å². The molecule has 28 heavy (non-hydrogen) atoms. The lowest BCUT2D eigenvalue weighted by molar-refractivity contribution is -0.120. The van der Waals surface area contributed by atoms with Crippen molar-refractivity contribution in [2.24, 2.45) is 10.9 Å². The molecule has 1 saturated carbocycles. The van der Waals surface area contributed by atoms with Crippen molar-refractivity contribution in [1.29, 1.82) is 0 Å². The van der Waals surface area contributed by atoms with E-state index in [2.05, 4.69) is 20.9 Å². The number of nitrogens with zero attached hydrogens (tertiary/aromatic N) is 1. The maximum atomic E-state index is 11.9. The molecule has 0 heterocycles. The lowest BCUT2D eigenvalue weighted by Gasteiger charge is -2.13. The van der Waals surface area contributed by atoms with Crippen molar-refractivity contribution in [2.75, 3.05) is 40.0 Å². The molecule has 0 spiro atoms. The summed E-state index contributed by atoms with van der Waals surface area (Å²) in [6, 6.07) is 7.80. The van der Waals surface area contributed by atoms with Crippen LogP contribution in [0, 0.1) is 5.92 Å². The molecule has 158 valence electrons. The molecular weight excluding hydrogens is 471 g/mol. The van der Waals surface area contributed by atoms with Crippen LogP contribution in [0.1, 0.15) is 31.7 Å². The lowest BCUT2D eigenvalue weighted by atomic mass is 10.2. The highest BCUT2D eigenvalue weighted by molar-refractivity contribution is 14.0. The van der Waals surface area contributed by atoms with Crippen LogP contribution in [0.15, 0.2) is 29.3 Å². The summed E-state index contributed by atoms with van der Waals surface area (Å²) in [7, 11) is 1.65. The van der Waals surface area contributed by atoms with Crippen LogP contribution in [0.5, 0.6) is 5.75 Å². The molecular formula is C20H33IN4O3.